The van der Waals surface area contributed by atoms with Crippen molar-refractivity contribution in [1.29, 1.82) is 0 Å². The van der Waals surface area contributed by atoms with E-state index in [1.165, 1.54) is 6.07 Å². The van der Waals surface area contributed by atoms with E-state index in [0.29, 0.717) is 5.69 Å². The van der Waals surface area contributed by atoms with Crippen LogP contribution in [0.15, 0.2) is 23.3 Å². The van der Waals surface area contributed by atoms with Crippen molar-refractivity contribution in [3.8, 4) is 0 Å². The second-order valence-electron chi connectivity index (χ2n) is 3.64. The zero-order valence-electron chi connectivity index (χ0n) is 8.85. The van der Waals surface area contributed by atoms with Crippen molar-refractivity contribution >= 4 is 5.69 Å². The van der Waals surface area contributed by atoms with Crippen LogP contribution < -0.4 is 11.2 Å². The molecule has 1 aromatic heterocycles. The number of aliphatic hydroxyl groups is 1. The van der Waals surface area contributed by atoms with Gasteiger partial charge in [0.2, 0.25) is 5.43 Å². The van der Waals surface area contributed by atoms with Gasteiger partial charge in [0.05, 0.1) is 5.69 Å². The Balaban J connectivity index is 2.32. The summed E-state index contributed by atoms with van der Waals surface area (Å²) in [4.78, 5) is 11.0. The monoisotopic (exact) mass is 210 g/mol. The molecule has 4 nitrogen and oxygen atoms in total. The van der Waals surface area contributed by atoms with Gasteiger partial charge in [-0.25, -0.2) is 0 Å². The van der Waals surface area contributed by atoms with E-state index in [-0.39, 0.29) is 12.0 Å². The third-order valence-corrected chi connectivity index (χ3v) is 2.33. The summed E-state index contributed by atoms with van der Waals surface area (Å²) in [5.41, 5.74) is 5.69. The van der Waals surface area contributed by atoms with E-state index in [1.807, 2.05) is 4.57 Å². The van der Waals surface area contributed by atoms with Crippen molar-refractivity contribution in [3.05, 3.63) is 28.7 Å². The van der Waals surface area contributed by atoms with Gasteiger partial charge in [-0.2, -0.15) is 0 Å². The fraction of sp³-hybridized carbons (Fsp3) is 0.545. The quantitative estimate of drug-likeness (QED) is 0.688. The number of hydrogen-bond donors (Lipinski definition) is 2. The second kappa shape index (κ2) is 6.24. The molecule has 15 heavy (non-hydrogen) atoms. The summed E-state index contributed by atoms with van der Waals surface area (Å²) in [6.07, 6.45) is 7.48. The maximum atomic E-state index is 11.0. The van der Waals surface area contributed by atoms with Gasteiger partial charge in [0.25, 0.3) is 0 Å². The molecular weight excluding hydrogens is 192 g/mol. The average Bonchev–Trinajstić information content (AvgIpc) is 2.23. The SMILES string of the molecule is Nc1cn(CCCCCCO)ccc1=O. The second-order valence-corrected chi connectivity index (χ2v) is 3.64. The van der Waals surface area contributed by atoms with Gasteiger partial charge in [-0.3, -0.25) is 4.79 Å². The number of rotatable bonds is 6. The largest absolute Gasteiger partial charge is 0.396 e. The Morgan fingerprint density at radius 1 is 1.27 bits per heavy atom. The highest BCUT2D eigenvalue weighted by Crippen LogP contribution is 2.02. The van der Waals surface area contributed by atoms with E-state index in [1.54, 1.807) is 12.4 Å². The van der Waals surface area contributed by atoms with Gasteiger partial charge in [-0.05, 0) is 12.8 Å². The fourth-order valence-electron chi connectivity index (χ4n) is 1.44. The first-order valence-electron chi connectivity index (χ1n) is 5.30. The standard InChI is InChI=1S/C11H18N2O2/c12-10-9-13(7-5-11(10)15)6-3-1-2-4-8-14/h5,7,9,14H,1-4,6,8,12H2. The smallest absolute Gasteiger partial charge is 0.204 e. The predicted molar refractivity (Wildman–Crippen MR) is 60.7 cm³/mol. The topological polar surface area (TPSA) is 68.2 Å². The lowest BCUT2D eigenvalue weighted by molar-refractivity contribution is 0.282. The minimum atomic E-state index is -0.119. The molecule has 0 radical (unpaired) electrons. The van der Waals surface area contributed by atoms with E-state index in [0.717, 1.165) is 32.2 Å². The molecule has 0 aromatic carbocycles. The first kappa shape index (κ1) is 11.8. The van der Waals surface area contributed by atoms with Crippen LogP contribution in [0.2, 0.25) is 0 Å². The molecule has 0 unspecified atom stereocenters. The molecule has 0 amide bonds. The number of nitrogens with two attached hydrogens (primary N) is 1. The van der Waals surface area contributed by atoms with Gasteiger partial charge in [-0.15, -0.1) is 0 Å². The van der Waals surface area contributed by atoms with Crippen LogP contribution in [0.25, 0.3) is 0 Å². The lowest BCUT2D eigenvalue weighted by atomic mass is 10.2. The molecule has 0 bridgehead atoms. The number of unbranched alkanes of at least 4 members (excludes halogenated alkanes) is 3. The zero-order chi connectivity index (χ0) is 11.1. The maximum Gasteiger partial charge on any atom is 0.204 e. The van der Waals surface area contributed by atoms with E-state index in [2.05, 4.69) is 0 Å². The summed E-state index contributed by atoms with van der Waals surface area (Å²) >= 11 is 0. The minimum absolute atomic E-state index is 0.119. The highest BCUT2D eigenvalue weighted by atomic mass is 16.2. The Morgan fingerprint density at radius 2 is 2.00 bits per heavy atom. The summed E-state index contributed by atoms with van der Waals surface area (Å²) in [5.74, 6) is 0. The Bertz CT molecular complexity index is 347. The Morgan fingerprint density at radius 3 is 2.67 bits per heavy atom. The van der Waals surface area contributed by atoms with Crippen LogP contribution >= 0.6 is 0 Å². The molecule has 0 aliphatic heterocycles. The summed E-state index contributed by atoms with van der Waals surface area (Å²) in [5, 5.41) is 8.59. The van der Waals surface area contributed by atoms with Gasteiger partial charge >= 0.3 is 0 Å². The third kappa shape index (κ3) is 4.16. The number of pyridine rings is 1. The molecule has 1 rings (SSSR count). The van der Waals surface area contributed by atoms with Crippen molar-refractivity contribution < 1.29 is 5.11 Å². The van der Waals surface area contributed by atoms with Gasteiger partial charge in [-0.1, -0.05) is 12.8 Å². The first-order chi connectivity index (χ1) is 7.24. The lowest BCUT2D eigenvalue weighted by Gasteiger charge is -2.06. The molecule has 0 spiro atoms. The molecular formula is C11H18N2O2. The molecule has 1 aromatic rings. The predicted octanol–water partition coefficient (Wildman–Crippen LogP) is 0.983. The molecule has 84 valence electrons. The zero-order valence-corrected chi connectivity index (χ0v) is 8.85. The molecule has 4 heteroatoms. The highest BCUT2D eigenvalue weighted by Gasteiger charge is 1.95. The molecule has 3 N–H and O–H groups in total. The molecule has 0 atom stereocenters. The Hall–Kier alpha value is -1.29. The molecule has 0 fully saturated rings. The average molecular weight is 210 g/mol. The van der Waals surface area contributed by atoms with Crippen LogP contribution in [0.4, 0.5) is 5.69 Å². The first-order valence-corrected chi connectivity index (χ1v) is 5.30. The van der Waals surface area contributed by atoms with Crippen LogP contribution in [0.1, 0.15) is 25.7 Å². The van der Waals surface area contributed by atoms with Gasteiger partial charge in [0.1, 0.15) is 0 Å². The normalized spacial score (nSPS) is 10.5. The maximum absolute atomic E-state index is 11.0. The highest BCUT2D eigenvalue weighted by molar-refractivity contribution is 5.33. The fourth-order valence-corrected chi connectivity index (χ4v) is 1.44. The summed E-state index contributed by atoms with van der Waals surface area (Å²) in [6, 6.07) is 1.49. The van der Waals surface area contributed by atoms with E-state index in [4.69, 9.17) is 10.8 Å². The summed E-state index contributed by atoms with van der Waals surface area (Å²) < 4.78 is 1.93. The molecule has 0 aliphatic carbocycles. The number of nitrogen functional groups attached to an aromatic ring is 1. The third-order valence-electron chi connectivity index (χ3n) is 2.33. The van der Waals surface area contributed by atoms with E-state index >= 15 is 0 Å². The lowest BCUT2D eigenvalue weighted by Crippen LogP contribution is -2.10. The number of anilines is 1. The number of nitrogens with zero attached hydrogens (tertiary/aromatic N) is 1. The van der Waals surface area contributed by atoms with Crippen LogP contribution in [0.3, 0.4) is 0 Å². The number of aliphatic hydroxyl groups excluding tert-OH is 1. The van der Waals surface area contributed by atoms with Crippen molar-refractivity contribution in [3.63, 3.8) is 0 Å². The number of aromatic nitrogens is 1. The summed E-state index contributed by atoms with van der Waals surface area (Å²) in [6.45, 7) is 1.14. The molecule has 0 saturated heterocycles. The Labute approximate surface area is 89.3 Å². The number of hydrogen-bond acceptors (Lipinski definition) is 3. The van der Waals surface area contributed by atoms with Crippen LogP contribution in [-0.4, -0.2) is 16.3 Å². The van der Waals surface area contributed by atoms with Crippen molar-refractivity contribution in [2.45, 2.75) is 32.2 Å². The summed E-state index contributed by atoms with van der Waals surface area (Å²) in [7, 11) is 0. The van der Waals surface area contributed by atoms with Crippen LogP contribution in [0.5, 0.6) is 0 Å². The molecule has 1 heterocycles. The van der Waals surface area contributed by atoms with E-state index < -0.39 is 0 Å². The van der Waals surface area contributed by atoms with Gasteiger partial charge in [0.15, 0.2) is 0 Å². The van der Waals surface area contributed by atoms with Crippen molar-refractivity contribution in [2.24, 2.45) is 0 Å². The van der Waals surface area contributed by atoms with Crippen LogP contribution in [-0.2, 0) is 6.54 Å². The van der Waals surface area contributed by atoms with Crippen molar-refractivity contribution in [2.75, 3.05) is 12.3 Å². The number of aryl methyl sites for hydroxylation is 1. The van der Waals surface area contributed by atoms with Crippen molar-refractivity contribution in [1.82, 2.24) is 4.57 Å². The van der Waals surface area contributed by atoms with Crippen LogP contribution in [0, 0.1) is 0 Å². The van der Waals surface area contributed by atoms with E-state index in [9.17, 15) is 4.79 Å². The molecule has 0 saturated carbocycles. The Kier molecular flexibility index (Phi) is 4.90. The van der Waals surface area contributed by atoms with Gasteiger partial charge < -0.3 is 15.4 Å². The minimum Gasteiger partial charge on any atom is -0.396 e. The molecule has 0 aliphatic rings. The van der Waals surface area contributed by atoms with Gasteiger partial charge in [0, 0.05) is 31.6 Å².